The first-order valence-corrected chi connectivity index (χ1v) is 14.2. The van der Waals surface area contributed by atoms with Gasteiger partial charge in [0.15, 0.2) is 11.5 Å². The van der Waals surface area contributed by atoms with Crippen LogP contribution in [0.3, 0.4) is 0 Å². The van der Waals surface area contributed by atoms with Gasteiger partial charge in [-0.25, -0.2) is 0 Å². The zero-order valence-corrected chi connectivity index (χ0v) is 21.7. The van der Waals surface area contributed by atoms with Gasteiger partial charge in [-0.2, -0.15) is 0 Å². The fourth-order valence-electron chi connectivity index (χ4n) is 2.77. The molecule has 1 aromatic carbocycles. The monoisotopic (exact) mass is 474 g/mol. The lowest BCUT2D eigenvalue weighted by Gasteiger charge is -2.31. The van der Waals surface area contributed by atoms with Crippen molar-refractivity contribution in [1.29, 1.82) is 0 Å². The molecule has 0 radical (unpaired) electrons. The number of hydrogen-bond acceptors (Lipinski definition) is 8. The number of hydrogen-bond donors (Lipinski definition) is 0. The highest BCUT2D eigenvalue weighted by molar-refractivity contribution is 6.55. The van der Waals surface area contributed by atoms with Crippen LogP contribution in [0.1, 0.15) is 47.1 Å². The van der Waals surface area contributed by atoms with Crippen molar-refractivity contribution in [3.8, 4) is 11.5 Å². The van der Waals surface area contributed by atoms with Gasteiger partial charge >= 0.3 is 18.1 Å². The van der Waals surface area contributed by atoms with Gasteiger partial charge in [-0.05, 0) is 65.7 Å². The van der Waals surface area contributed by atoms with Gasteiger partial charge < -0.3 is 35.4 Å². The molecule has 0 aliphatic rings. The van der Waals surface area contributed by atoms with Gasteiger partial charge in [0.05, 0.1) is 0 Å². The second-order valence-electron chi connectivity index (χ2n) is 6.08. The van der Waals surface area contributed by atoms with Crippen LogP contribution in [0.2, 0.25) is 0 Å². The molecular formula is C21H38O8Si2. The maximum absolute atomic E-state index is 6.29. The van der Waals surface area contributed by atoms with E-state index in [1.165, 1.54) is 0 Å². The number of rotatable bonds is 18. The Morgan fingerprint density at radius 3 is 1.39 bits per heavy atom. The Balaban J connectivity index is 3.44. The molecule has 8 nitrogen and oxygen atoms in total. The molecule has 0 aliphatic carbocycles. The van der Waals surface area contributed by atoms with E-state index < -0.39 is 18.1 Å². The van der Waals surface area contributed by atoms with Crippen LogP contribution in [-0.4, -0.2) is 57.7 Å². The summed E-state index contributed by atoms with van der Waals surface area (Å²) in [5, 5.41) is 0. The second kappa shape index (κ2) is 14.7. The van der Waals surface area contributed by atoms with Gasteiger partial charge in [0.2, 0.25) is 0 Å². The van der Waals surface area contributed by atoms with E-state index in [9.17, 15) is 0 Å². The third kappa shape index (κ3) is 8.66. The smallest absolute Gasteiger partial charge is 0.476 e. The van der Waals surface area contributed by atoms with Crippen LogP contribution in [0.5, 0.6) is 11.5 Å². The predicted octanol–water partition coefficient (Wildman–Crippen LogP) is 4.26. The average Bonchev–Trinajstić information content (AvgIpc) is 2.71. The van der Waals surface area contributed by atoms with Gasteiger partial charge in [0.1, 0.15) is 0 Å². The Bertz CT molecular complexity index is 610. The van der Waals surface area contributed by atoms with Crippen molar-refractivity contribution in [3.63, 3.8) is 0 Å². The Labute approximate surface area is 189 Å². The second-order valence-corrected chi connectivity index (χ2v) is 10.2. The molecule has 0 fully saturated rings. The van der Waals surface area contributed by atoms with Crippen molar-refractivity contribution >= 4 is 18.1 Å². The van der Waals surface area contributed by atoms with E-state index in [4.69, 9.17) is 35.4 Å². The Hall–Kier alpha value is -1.25. The van der Waals surface area contributed by atoms with E-state index in [1.807, 2.05) is 59.8 Å². The molecule has 10 heteroatoms. The molecule has 0 aromatic heterocycles. The molecule has 0 unspecified atom stereocenters. The minimum Gasteiger partial charge on any atom is -0.476 e. The maximum atomic E-state index is 6.29. The summed E-state index contributed by atoms with van der Waals surface area (Å²) in [7, 11) is -6.90. The van der Waals surface area contributed by atoms with Crippen LogP contribution in [0.15, 0.2) is 30.9 Å². The van der Waals surface area contributed by atoms with Crippen molar-refractivity contribution in [2.45, 2.75) is 48.0 Å². The lowest BCUT2D eigenvalue weighted by molar-refractivity contribution is 0.000834. The van der Waals surface area contributed by atoms with Gasteiger partial charge in [-0.1, -0.05) is 12.1 Å². The quantitative estimate of drug-likeness (QED) is 0.231. The molecule has 31 heavy (non-hydrogen) atoms. The van der Waals surface area contributed by atoms with Gasteiger partial charge in [0.25, 0.3) is 0 Å². The van der Waals surface area contributed by atoms with Crippen LogP contribution in [0.25, 0.3) is 0 Å². The van der Waals surface area contributed by atoms with Crippen molar-refractivity contribution < 1.29 is 35.4 Å². The molecule has 1 aromatic rings. The molecule has 0 heterocycles. The molecule has 0 amide bonds. The van der Waals surface area contributed by atoms with Crippen molar-refractivity contribution in [1.82, 2.24) is 0 Å². The predicted molar refractivity (Wildman–Crippen MR) is 123 cm³/mol. The minimum atomic E-state index is -3.46. The summed E-state index contributed by atoms with van der Waals surface area (Å²) in [6.07, 6.45) is 2.48. The molecular weight excluding hydrogens is 436 g/mol. The minimum absolute atomic E-state index is 0.379. The topological polar surface area (TPSA) is 73.8 Å². The number of allylic oxidation sites excluding steroid dienone is 1. The Morgan fingerprint density at radius 2 is 1.03 bits per heavy atom. The maximum Gasteiger partial charge on any atom is 0.749 e. The third-order valence-electron chi connectivity index (χ3n) is 3.78. The van der Waals surface area contributed by atoms with Gasteiger partial charge in [0, 0.05) is 39.6 Å². The van der Waals surface area contributed by atoms with Crippen LogP contribution in [0, 0.1) is 0 Å². The normalized spacial score (nSPS) is 12.1. The highest BCUT2D eigenvalue weighted by Gasteiger charge is 2.51. The van der Waals surface area contributed by atoms with E-state index in [-0.39, 0.29) is 0 Å². The zero-order valence-electron chi connectivity index (χ0n) is 19.7. The van der Waals surface area contributed by atoms with E-state index in [2.05, 4.69) is 6.58 Å². The lowest BCUT2D eigenvalue weighted by atomic mass is 10.1. The first kappa shape index (κ1) is 27.8. The van der Waals surface area contributed by atoms with E-state index in [1.54, 1.807) is 6.07 Å². The average molecular weight is 475 g/mol. The van der Waals surface area contributed by atoms with Crippen molar-refractivity contribution in [2.24, 2.45) is 0 Å². The van der Waals surface area contributed by atoms with Crippen molar-refractivity contribution in [3.05, 3.63) is 36.4 Å². The SMILES string of the molecule is C=CCc1ccc(O[Si](OCC)(OCC)OCC)c(O[Si](OCC)(OCC)OCC)c1. The number of benzene rings is 1. The van der Waals surface area contributed by atoms with Crippen LogP contribution < -0.4 is 8.85 Å². The van der Waals surface area contributed by atoms with E-state index in [0.717, 1.165) is 5.56 Å². The fourth-order valence-corrected chi connectivity index (χ4v) is 6.61. The zero-order chi connectivity index (χ0) is 23.2. The highest BCUT2D eigenvalue weighted by Crippen LogP contribution is 2.34. The van der Waals surface area contributed by atoms with Gasteiger partial charge in [-0.15, -0.1) is 6.58 Å². The first-order valence-electron chi connectivity index (χ1n) is 10.9. The molecule has 0 atom stereocenters. The van der Waals surface area contributed by atoms with Crippen LogP contribution in [0.4, 0.5) is 0 Å². The molecule has 1 rings (SSSR count). The third-order valence-corrected chi connectivity index (χ3v) is 8.58. The summed E-state index contributed by atoms with van der Waals surface area (Å²) in [4.78, 5) is 0. The van der Waals surface area contributed by atoms with E-state index in [0.29, 0.717) is 57.6 Å². The molecule has 0 aliphatic heterocycles. The largest absolute Gasteiger partial charge is 0.749 e. The molecule has 0 bridgehead atoms. The summed E-state index contributed by atoms with van der Waals surface area (Å²) >= 11 is 0. The van der Waals surface area contributed by atoms with E-state index >= 15 is 0 Å². The lowest BCUT2D eigenvalue weighted by Crippen LogP contribution is -2.53. The molecule has 0 saturated heterocycles. The summed E-state index contributed by atoms with van der Waals surface area (Å²) < 4.78 is 47.6. The summed E-state index contributed by atoms with van der Waals surface area (Å²) in [6.45, 7) is 17.3. The summed E-state index contributed by atoms with van der Waals surface area (Å²) in [6, 6.07) is 5.59. The molecule has 178 valence electrons. The Kier molecular flexibility index (Phi) is 13.2. The van der Waals surface area contributed by atoms with Crippen LogP contribution >= 0.6 is 0 Å². The molecule has 0 N–H and O–H groups in total. The molecule has 0 saturated carbocycles. The fraction of sp³-hybridized carbons (Fsp3) is 0.619. The molecule has 0 spiro atoms. The van der Waals surface area contributed by atoms with Crippen LogP contribution in [-0.2, 0) is 33.0 Å². The standard InChI is InChI=1S/C21H38O8Si2/c1-8-15-19-16-17-20(28-30(22-9-2,23-10-3)24-11-4)21(18-19)29-31(25-12-5,26-13-6)27-14-7/h8,16-18H,1,9-15H2,2-7H3. The Morgan fingerprint density at radius 1 is 0.645 bits per heavy atom. The van der Waals surface area contributed by atoms with Crippen molar-refractivity contribution in [2.75, 3.05) is 39.6 Å². The first-order chi connectivity index (χ1) is 15.0. The van der Waals surface area contributed by atoms with Gasteiger partial charge in [-0.3, -0.25) is 0 Å². The highest BCUT2D eigenvalue weighted by atomic mass is 28.4. The summed E-state index contributed by atoms with van der Waals surface area (Å²) in [5.74, 6) is 0.822. The summed E-state index contributed by atoms with van der Waals surface area (Å²) in [5.41, 5.74) is 0.987.